The molecule has 1 aliphatic rings. The lowest BCUT2D eigenvalue weighted by Gasteiger charge is -2.29. The highest BCUT2D eigenvalue weighted by atomic mass is 32.2. The molecule has 0 amide bonds. The van der Waals surface area contributed by atoms with Crippen LogP contribution in [0.2, 0.25) is 0 Å². The fraction of sp³-hybridized carbons (Fsp3) is 0.500. The van der Waals surface area contributed by atoms with Gasteiger partial charge in [-0.25, -0.2) is 4.39 Å². The van der Waals surface area contributed by atoms with Crippen LogP contribution in [0.4, 0.5) is 10.1 Å². The number of benzene rings is 1. The number of nitrogens with two attached hydrogens (primary N) is 1. The molecule has 0 bridgehead atoms. The summed E-state index contributed by atoms with van der Waals surface area (Å²) in [5.41, 5.74) is 14.6. The highest BCUT2D eigenvalue weighted by Crippen LogP contribution is 2.39. The van der Waals surface area contributed by atoms with E-state index in [4.69, 9.17) is 11.3 Å². The Labute approximate surface area is 133 Å². The number of likely N-dealkylation sites (N-methyl/N-ethyl adjacent to an activating group) is 1. The van der Waals surface area contributed by atoms with Gasteiger partial charge < -0.3 is 5.73 Å². The summed E-state index contributed by atoms with van der Waals surface area (Å²) in [6.45, 7) is 6.27. The normalized spacial score (nSPS) is 25.0. The van der Waals surface area contributed by atoms with Crippen molar-refractivity contribution in [2.24, 2.45) is 15.8 Å². The monoisotopic (exact) mass is 322 g/mol. The minimum Gasteiger partial charge on any atom is -0.386 e. The standard InChI is InChI=1S/C14H19FN6S/c1-13(2)12(16)18-14(3,8-21(4)22-13)10-7-9(19-20-17)5-6-11(10)15/h5-7H,8H2,1-4H3,(H2,16,18)/t14-/m0/s1. The third kappa shape index (κ3) is 3.19. The Morgan fingerprint density at radius 3 is 2.77 bits per heavy atom. The van der Waals surface area contributed by atoms with Crippen LogP contribution in [0.15, 0.2) is 28.3 Å². The van der Waals surface area contributed by atoms with Crippen molar-refractivity contribution >= 4 is 23.5 Å². The second kappa shape index (κ2) is 5.79. The lowest BCUT2D eigenvalue weighted by Crippen LogP contribution is -2.36. The summed E-state index contributed by atoms with van der Waals surface area (Å²) in [4.78, 5) is 7.34. The van der Waals surface area contributed by atoms with Gasteiger partial charge in [-0.15, -0.1) is 0 Å². The van der Waals surface area contributed by atoms with Crippen molar-refractivity contribution in [3.8, 4) is 0 Å². The van der Waals surface area contributed by atoms with Crippen LogP contribution in [0.3, 0.4) is 0 Å². The fourth-order valence-corrected chi connectivity index (χ4v) is 3.76. The molecule has 0 spiro atoms. The molecule has 2 rings (SSSR count). The van der Waals surface area contributed by atoms with Crippen LogP contribution < -0.4 is 5.73 Å². The van der Waals surface area contributed by atoms with Crippen LogP contribution in [0.25, 0.3) is 10.4 Å². The lowest BCUT2D eigenvalue weighted by molar-refractivity contribution is 0.377. The molecule has 6 nitrogen and oxygen atoms in total. The fourth-order valence-electron chi connectivity index (χ4n) is 2.52. The molecule has 0 aromatic heterocycles. The molecule has 1 atom stereocenters. The average molecular weight is 322 g/mol. The third-order valence-corrected chi connectivity index (χ3v) is 4.70. The molecule has 1 heterocycles. The molecule has 1 aliphatic heterocycles. The molecule has 8 heteroatoms. The molecule has 0 saturated heterocycles. The highest BCUT2D eigenvalue weighted by molar-refractivity contribution is 7.99. The van der Waals surface area contributed by atoms with E-state index < -0.39 is 11.4 Å². The maximum atomic E-state index is 14.3. The number of hydrogen-bond acceptors (Lipinski definition) is 5. The van der Waals surface area contributed by atoms with E-state index in [-0.39, 0.29) is 4.75 Å². The summed E-state index contributed by atoms with van der Waals surface area (Å²) in [6.07, 6.45) is 0. The van der Waals surface area contributed by atoms with E-state index in [1.807, 2.05) is 32.1 Å². The van der Waals surface area contributed by atoms with E-state index in [9.17, 15) is 4.39 Å². The van der Waals surface area contributed by atoms with Gasteiger partial charge in [0, 0.05) is 22.7 Å². The van der Waals surface area contributed by atoms with Gasteiger partial charge in [0.25, 0.3) is 0 Å². The zero-order valence-electron chi connectivity index (χ0n) is 13.0. The zero-order valence-corrected chi connectivity index (χ0v) is 13.9. The first-order valence-electron chi connectivity index (χ1n) is 6.79. The Morgan fingerprint density at radius 2 is 2.14 bits per heavy atom. The Balaban J connectivity index is 2.60. The largest absolute Gasteiger partial charge is 0.386 e. The molecule has 0 aliphatic carbocycles. The first-order chi connectivity index (χ1) is 10.2. The van der Waals surface area contributed by atoms with Crippen molar-refractivity contribution in [3.05, 3.63) is 40.0 Å². The summed E-state index contributed by atoms with van der Waals surface area (Å²) in [6, 6.07) is 4.26. The van der Waals surface area contributed by atoms with Crippen LogP contribution in [0, 0.1) is 5.82 Å². The lowest BCUT2D eigenvalue weighted by atomic mass is 9.91. The molecule has 118 valence electrons. The predicted octanol–water partition coefficient (Wildman–Crippen LogP) is 3.71. The molecule has 0 saturated carbocycles. The smallest absolute Gasteiger partial charge is 0.128 e. The van der Waals surface area contributed by atoms with Crippen molar-refractivity contribution in [1.82, 2.24) is 4.31 Å². The van der Waals surface area contributed by atoms with E-state index in [0.29, 0.717) is 23.6 Å². The van der Waals surface area contributed by atoms with Crippen molar-refractivity contribution in [2.45, 2.75) is 31.1 Å². The number of amidine groups is 1. The Kier molecular flexibility index (Phi) is 4.37. The van der Waals surface area contributed by atoms with Gasteiger partial charge in [-0.1, -0.05) is 17.1 Å². The minimum absolute atomic E-state index is 0.354. The van der Waals surface area contributed by atoms with Crippen LogP contribution in [0.1, 0.15) is 26.3 Å². The van der Waals surface area contributed by atoms with E-state index >= 15 is 0 Å². The Hall–Kier alpha value is -1.76. The van der Waals surface area contributed by atoms with Crippen LogP contribution >= 0.6 is 11.9 Å². The summed E-state index contributed by atoms with van der Waals surface area (Å²) in [7, 11) is 1.92. The van der Waals surface area contributed by atoms with Gasteiger partial charge in [-0.2, -0.15) is 0 Å². The van der Waals surface area contributed by atoms with Gasteiger partial charge in [0.15, 0.2) is 0 Å². The summed E-state index contributed by atoms with van der Waals surface area (Å²) in [5, 5.41) is 3.54. The van der Waals surface area contributed by atoms with Gasteiger partial charge in [-0.3, -0.25) is 9.30 Å². The predicted molar refractivity (Wildman–Crippen MR) is 88.5 cm³/mol. The number of azide groups is 1. The molecule has 2 N–H and O–H groups in total. The number of aliphatic imine (C=N–C) groups is 1. The van der Waals surface area contributed by atoms with E-state index in [0.717, 1.165) is 0 Å². The van der Waals surface area contributed by atoms with E-state index in [1.54, 1.807) is 11.9 Å². The molecule has 0 unspecified atom stereocenters. The van der Waals surface area contributed by atoms with Crippen molar-refractivity contribution in [2.75, 3.05) is 13.6 Å². The summed E-state index contributed by atoms with van der Waals surface area (Å²) in [5.74, 6) is 0.0620. The topological polar surface area (TPSA) is 90.4 Å². The van der Waals surface area contributed by atoms with E-state index in [2.05, 4.69) is 15.0 Å². The number of rotatable bonds is 2. The maximum absolute atomic E-state index is 14.3. The first kappa shape index (κ1) is 16.6. The van der Waals surface area contributed by atoms with Crippen molar-refractivity contribution in [1.29, 1.82) is 0 Å². The number of halogens is 1. The molecule has 22 heavy (non-hydrogen) atoms. The number of nitrogens with zero attached hydrogens (tertiary/aromatic N) is 5. The Bertz CT molecular complexity index is 667. The second-order valence-corrected chi connectivity index (χ2v) is 7.84. The molecule has 0 radical (unpaired) electrons. The molecule has 1 aromatic carbocycles. The van der Waals surface area contributed by atoms with Crippen molar-refractivity contribution < 1.29 is 4.39 Å². The van der Waals surface area contributed by atoms with Crippen LogP contribution in [0.5, 0.6) is 0 Å². The SMILES string of the molecule is CN1C[C@@](C)(c2cc(N=[N+]=[N-])ccc2F)N=C(N)C(C)(C)S1. The third-order valence-electron chi connectivity index (χ3n) is 3.59. The quantitative estimate of drug-likeness (QED) is 0.389. The van der Waals surface area contributed by atoms with Crippen molar-refractivity contribution in [3.63, 3.8) is 0 Å². The maximum Gasteiger partial charge on any atom is 0.128 e. The van der Waals surface area contributed by atoms with Gasteiger partial charge in [0.05, 0.1) is 4.75 Å². The van der Waals surface area contributed by atoms with Gasteiger partial charge in [0.2, 0.25) is 0 Å². The first-order valence-corrected chi connectivity index (χ1v) is 7.56. The van der Waals surface area contributed by atoms with Gasteiger partial charge in [-0.05, 0) is 51.5 Å². The van der Waals surface area contributed by atoms with Crippen LogP contribution in [-0.4, -0.2) is 28.5 Å². The molecular formula is C14H19FN6S. The molecule has 0 fully saturated rings. The average Bonchev–Trinajstić information content (AvgIpc) is 2.47. The molecule has 1 aromatic rings. The number of hydrogen-bond donors (Lipinski definition) is 1. The second-order valence-electron chi connectivity index (χ2n) is 6.01. The summed E-state index contributed by atoms with van der Waals surface area (Å²) < 4.78 is 16.0. The van der Waals surface area contributed by atoms with E-state index in [1.165, 1.54) is 18.2 Å². The van der Waals surface area contributed by atoms with Gasteiger partial charge in [0.1, 0.15) is 17.2 Å². The highest BCUT2D eigenvalue weighted by Gasteiger charge is 2.39. The summed E-state index contributed by atoms with van der Waals surface area (Å²) >= 11 is 1.56. The van der Waals surface area contributed by atoms with Gasteiger partial charge >= 0.3 is 0 Å². The Morgan fingerprint density at radius 1 is 1.45 bits per heavy atom. The minimum atomic E-state index is -0.856. The zero-order chi connectivity index (χ0) is 16.5. The van der Waals surface area contributed by atoms with Crippen LogP contribution in [-0.2, 0) is 5.54 Å². The molecular weight excluding hydrogens is 303 g/mol.